The predicted octanol–water partition coefficient (Wildman–Crippen LogP) is 4.40. The number of benzene rings is 1. The second-order valence-electron chi connectivity index (χ2n) is 9.30. The van der Waals surface area contributed by atoms with Crippen LogP contribution in [-0.4, -0.2) is 47.4 Å². The van der Waals surface area contributed by atoms with E-state index in [0.717, 1.165) is 58.2 Å². The molecule has 0 unspecified atom stereocenters. The van der Waals surface area contributed by atoms with Gasteiger partial charge in [-0.2, -0.15) is 0 Å². The molecule has 172 valence electrons. The summed E-state index contributed by atoms with van der Waals surface area (Å²) in [6.45, 7) is 4.76. The summed E-state index contributed by atoms with van der Waals surface area (Å²) in [5.74, 6) is 0.680. The Morgan fingerprint density at radius 1 is 1.09 bits per heavy atom. The van der Waals surface area contributed by atoms with E-state index in [1.807, 2.05) is 0 Å². The van der Waals surface area contributed by atoms with Gasteiger partial charge in [0.05, 0.1) is 5.69 Å². The minimum absolute atomic E-state index is 0.0453. The average molecular weight is 442 g/mol. The van der Waals surface area contributed by atoms with Crippen molar-refractivity contribution in [2.45, 2.75) is 57.9 Å². The number of Topliss-reactive ketones (excluding diaryl/α,β-unsaturated/α-hetero) is 1. The highest BCUT2D eigenvalue weighted by molar-refractivity contribution is 5.97. The Labute approximate surface area is 188 Å². The van der Waals surface area contributed by atoms with E-state index < -0.39 is 0 Å². The molecule has 1 amide bonds. The predicted molar refractivity (Wildman–Crippen MR) is 119 cm³/mol. The van der Waals surface area contributed by atoms with Crippen molar-refractivity contribution in [2.24, 2.45) is 11.8 Å². The summed E-state index contributed by atoms with van der Waals surface area (Å²) in [6, 6.07) is 7.77. The largest absolute Gasteiger partial charge is 0.351 e. The number of nitrogens with one attached hydrogen (secondary N) is 1. The van der Waals surface area contributed by atoms with E-state index in [1.165, 1.54) is 18.6 Å². The van der Waals surface area contributed by atoms with E-state index in [9.17, 15) is 14.0 Å². The highest BCUT2D eigenvalue weighted by atomic mass is 19.1. The lowest BCUT2D eigenvalue weighted by Crippen LogP contribution is -2.39. The van der Waals surface area contributed by atoms with Crippen LogP contribution < -0.4 is 5.32 Å². The van der Waals surface area contributed by atoms with Gasteiger partial charge in [0.25, 0.3) is 5.91 Å². The lowest BCUT2D eigenvalue weighted by Gasteiger charge is -2.34. The summed E-state index contributed by atoms with van der Waals surface area (Å²) in [5.41, 5.74) is 1.33. The van der Waals surface area contributed by atoms with Crippen LogP contribution in [0, 0.1) is 24.6 Å². The van der Waals surface area contributed by atoms with E-state index in [4.69, 9.17) is 4.52 Å². The number of aryl methyl sites for hydroxylation is 1. The molecule has 2 aromatic rings. The van der Waals surface area contributed by atoms with E-state index in [0.29, 0.717) is 17.2 Å². The zero-order valence-electron chi connectivity index (χ0n) is 18.7. The quantitative estimate of drug-likeness (QED) is 0.645. The topological polar surface area (TPSA) is 75.4 Å². The molecule has 6 nitrogen and oxygen atoms in total. The molecule has 2 heterocycles. The average Bonchev–Trinajstić information content (AvgIpc) is 3.25. The van der Waals surface area contributed by atoms with Crippen LogP contribution in [0.1, 0.15) is 71.6 Å². The zero-order valence-corrected chi connectivity index (χ0v) is 18.7. The number of aromatic nitrogens is 1. The van der Waals surface area contributed by atoms with Gasteiger partial charge in [-0.15, -0.1) is 0 Å². The number of piperidine rings is 1. The van der Waals surface area contributed by atoms with Crippen LogP contribution in [0.3, 0.4) is 0 Å². The van der Waals surface area contributed by atoms with Gasteiger partial charge < -0.3 is 14.7 Å². The molecule has 32 heavy (non-hydrogen) atoms. The summed E-state index contributed by atoms with van der Waals surface area (Å²) in [5, 5.41) is 6.84. The molecule has 1 aliphatic carbocycles. The monoisotopic (exact) mass is 441 g/mol. The number of likely N-dealkylation sites (tertiary alicyclic amines) is 1. The third-order valence-corrected chi connectivity index (χ3v) is 6.97. The molecular weight excluding hydrogens is 409 g/mol. The molecule has 1 aliphatic heterocycles. The summed E-state index contributed by atoms with van der Waals surface area (Å²) >= 11 is 0. The first kappa shape index (κ1) is 22.6. The van der Waals surface area contributed by atoms with Gasteiger partial charge in [0.2, 0.25) is 5.76 Å². The lowest BCUT2D eigenvalue weighted by molar-refractivity contribution is 0.0832. The van der Waals surface area contributed by atoms with Crippen molar-refractivity contribution in [3.05, 3.63) is 53.2 Å². The fraction of sp³-hybridized carbons (Fsp3) is 0.560. The maximum atomic E-state index is 13.1. The Bertz CT molecular complexity index is 911. The molecule has 1 saturated heterocycles. The molecule has 4 rings (SSSR count). The number of hydrogen-bond donors (Lipinski definition) is 1. The van der Waals surface area contributed by atoms with Crippen LogP contribution in [0.15, 0.2) is 34.9 Å². The van der Waals surface area contributed by atoms with Crippen LogP contribution in [0.2, 0.25) is 0 Å². The number of carbonyl (C=O) groups is 2. The van der Waals surface area contributed by atoms with Crippen molar-refractivity contribution in [2.75, 3.05) is 19.6 Å². The highest BCUT2D eigenvalue weighted by Crippen LogP contribution is 2.28. The number of rotatable bonds is 7. The van der Waals surface area contributed by atoms with E-state index >= 15 is 0 Å². The summed E-state index contributed by atoms with van der Waals surface area (Å²) in [7, 11) is 0. The van der Waals surface area contributed by atoms with Crippen molar-refractivity contribution in [3.8, 4) is 0 Å². The van der Waals surface area contributed by atoms with Gasteiger partial charge in [0, 0.05) is 23.6 Å². The van der Waals surface area contributed by atoms with Gasteiger partial charge in [-0.3, -0.25) is 9.59 Å². The molecule has 1 N–H and O–H groups in total. The molecule has 7 heteroatoms. The van der Waals surface area contributed by atoms with E-state index in [-0.39, 0.29) is 35.2 Å². The molecular formula is C25H32FN3O3. The Morgan fingerprint density at radius 3 is 2.41 bits per heavy atom. The van der Waals surface area contributed by atoms with E-state index in [2.05, 4.69) is 15.4 Å². The summed E-state index contributed by atoms with van der Waals surface area (Å²) in [6.07, 6.45) is 7.15. The van der Waals surface area contributed by atoms with Crippen molar-refractivity contribution in [1.29, 1.82) is 0 Å². The number of nitrogens with zero attached hydrogens (tertiary/aromatic N) is 2. The number of amides is 1. The Kier molecular flexibility index (Phi) is 7.35. The standard InChI is InChI=1S/C25H32FN3O3/c1-17-16-23(32-28-17)25(31)27-22-8-2-18(3-9-22)10-13-29-14-11-20(12-15-29)24(30)19-4-6-21(26)7-5-19/h4-7,16,18,20,22H,2-3,8-15H2,1H3,(H,27,31). The zero-order chi connectivity index (χ0) is 22.5. The second kappa shape index (κ2) is 10.4. The maximum Gasteiger partial charge on any atom is 0.290 e. The Hall–Kier alpha value is -2.54. The smallest absolute Gasteiger partial charge is 0.290 e. The minimum Gasteiger partial charge on any atom is -0.351 e. The van der Waals surface area contributed by atoms with Crippen LogP contribution in [0.4, 0.5) is 4.39 Å². The highest BCUT2D eigenvalue weighted by Gasteiger charge is 2.27. The van der Waals surface area contributed by atoms with Gasteiger partial charge in [-0.25, -0.2) is 4.39 Å². The molecule has 1 saturated carbocycles. The fourth-order valence-corrected chi connectivity index (χ4v) is 4.96. The van der Waals surface area contributed by atoms with Crippen molar-refractivity contribution in [1.82, 2.24) is 15.4 Å². The lowest BCUT2D eigenvalue weighted by atomic mass is 9.83. The first-order chi connectivity index (χ1) is 15.5. The van der Waals surface area contributed by atoms with Crippen molar-refractivity contribution >= 4 is 11.7 Å². The number of carbonyl (C=O) groups excluding carboxylic acids is 2. The number of halogens is 1. The van der Waals surface area contributed by atoms with Gasteiger partial charge in [0.15, 0.2) is 5.78 Å². The SMILES string of the molecule is Cc1cc(C(=O)NC2CCC(CCN3CCC(C(=O)c4ccc(F)cc4)CC3)CC2)on1. The van der Waals surface area contributed by atoms with Crippen molar-refractivity contribution in [3.63, 3.8) is 0 Å². The van der Waals surface area contributed by atoms with Crippen LogP contribution in [0.5, 0.6) is 0 Å². The van der Waals surface area contributed by atoms with Gasteiger partial charge >= 0.3 is 0 Å². The Balaban J connectivity index is 1.13. The molecule has 0 bridgehead atoms. The molecule has 2 aliphatic rings. The molecule has 2 fully saturated rings. The second-order valence-corrected chi connectivity index (χ2v) is 9.30. The van der Waals surface area contributed by atoms with Crippen LogP contribution >= 0.6 is 0 Å². The first-order valence-corrected chi connectivity index (χ1v) is 11.7. The molecule has 0 radical (unpaired) electrons. The Morgan fingerprint density at radius 2 is 1.78 bits per heavy atom. The third kappa shape index (κ3) is 5.82. The van der Waals surface area contributed by atoms with Gasteiger partial charge in [-0.05, 0) is 102 Å². The van der Waals surface area contributed by atoms with E-state index in [1.54, 1.807) is 25.1 Å². The molecule has 1 aromatic carbocycles. The molecule has 0 spiro atoms. The van der Waals surface area contributed by atoms with Gasteiger partial charge in [0.1, 0.15) is 5.82 Å². The summed E-state index contributed by atoms with van der Waals surface area (Å²) < 4.78 is 18.1. The summed E-state index contributed by atoms with van der Waals surface area (Å²) in [4.78, 5) is 27.3. The van der Waals surface area contributed by atoms with Crippen molar-refractivity contribution < 1.29 is 18.5 Å². The molecule has 0 atom stereocenters. The number of hydrogen-bond acceptors (Lipinski definition) is 5. The number of ketones is 1. The minimum atomic E-state index is -0.308. The fourth-order valence-electron chi connectivity index (χ4n) is 4.96. The van der Waals surface area contributed by atoms with Gasteiger partial charge in [-0.1, -0.05) is 5.16 Å². The molecule has 1 aromatic heterocycles. The third-order valence-electron chi connectivity index (χ3n) is 6.97. The first-order valence-electron chi connectivity index (χ1n) is 11.7. The van der Waals surface area contributed by atoms with Crippen LogP contribution in [0.25, 0.3) is 0 Å². The van der Waals surface area contributed by atoms with Crippen LogP contribution in [-0.2, 0) is 0 Å². The maximum absolute atomic E-state index is 13.1. The normalized spacial score (nSPS) is 22.6.